The van der Waals surface area contributed by atoms with Crippen molar-refractivity contribution in [2.75, 3.05) is 18.0 Å². The number of benzene rings is 2. The normalized spacial score (nSPS) is 14.5. The van der Waals surface area contributed by atoms with E-state index in [1.54, 1.807) is 30.6 Å². The minimum Gasteiger partial charge on any atom is -0.442 e. The van der Waals surface area contributed by atoms with E-state index in [1.807, 2.05) is 18.3 Å². The van der Waals surface area contributed by atoms with Gasteiger partial charge < -0.3 is 20.4 Å². The second kappa shape index (κ2) is 13.0. The number of anilines is 1. The van der Waals surface area contributed by atoms with Crippen molar-refractivity contribution in [2.45, 2.75) is 39.3 Å². The molecule has 2 aromatic carbocycles. The van der Waals surface area contributed by atoms with Crippen LogP contribution < -0.4 is 15.5 Å². The summed E-state index contributed by atoms with van der Waals surface area (Å²) in [5.41, 5.74) is 3.61. The van der Waals surface area contributed by atoms with Crippen molar-refractivity contribution in [2.24, 2.45) is 0 Å². The molecule has 10 heteroatoms. The highest BCUT2D eigenvalue weighted by Crippen LogP contribution is 2.29. The van der Waals surface area contributed by atoms with Crippen molar-refractivity contribution < 1.29 is 23.5 Å². The molecule has 2 heterocycles. The number of imidazole rings is 1. The van der Waals surface area contributed by atoms with E-state index in [0.29, 0.717) is 29.8 Å². The number of ether oxygens (including phenoxy) is 1. The summed E-state index contributed by atoms with van der Waals surface area (Å²) in [4.78, 5) is 41.6. The first-order valence-electron chi connectivity index (χ1n) is 11.7. The fraction of sp³-hybridized carbons (Fsp3) is 0.308. The first-order chi connectivity index (χ1) is 17.4. The monoisotopic (exact) mass is 495 g/mol. The Morgan fingerprint density at radius 2 is 2.06 bits per heavy atom. The lowest BCUT2D eigenvalue weighted by Crippen LogP contribution is -2.33. The maximum absolute atomic E-state index is 14.7. The average molecular weight is 496 g/mol. The van der Waals surface area contributed by atoms with E-state index < -0.39 is 18.0 Å². The van der Waals surface area contributed by atoms with Crippen LogP contribution in [0.4, 0.5) is 14.9 Å². The zero-order valence-corrected chi connectivity index (χ0v) is 20.3. The smallest absolute Gasteiger partial charge is 0.414 e. The fourth-order valence-electron chi connectivity index (χ4n) is 3.65. The number of aromatic nitrogens is 2. The van der Waals surface area contributed by atoms with Gasteiger partial charge in [0.05, 0.1) is 25.1 Å². The Bertz CT molecular complexity index is 1150. The van der Waals surface area contributed by atoms with Crippen molar-refractivity contribution in [3.8, 4) is 11.1 Å². The van der Waals surface area contributed by atoms with E-state index in [2.05, 4.69) is 27.5 Å². The lowest BCUT2D eigenvalue weighted by atomic mass is 10.0. The number of aryl methyl sites for hydroxylation is 1. The quantitative estimate of drug-likeness (QED) is 0.393. The summed E-state index contributed by atoms with van der Waals surface area (Å²) < 4.78 is 19.9. The summed E-state index contributed by atoms with van der Waals surface area (Å²) in [5, 5.41) is 5.17. The van der Waals surface area contributed by atoms with E-state index in [4.69, 9.17) is 4.74 Å². The van der Waals surface area contributed by atoms with Gasteiger partial charge in [0.25, 0.3) is 0 Å². The van der Waals surface area contributed by atoms with Crippen LogP contribution >= 0.6 is 0 Å². The van der Waals surface area contributed by atoms with E-state index in [1.165, 1.54) is 30.0 Å². The van der Waals surface area contributed by atoms with Gasteiger partial charge in [-0.15, -0.1) is 0 Å². The molecule has 3 N–H and O–H groups in total. The number of nitrogens with one attached hydrogen (secondary N) is 3. The number of aromatic amines is 1. The maximum atomic E-state index is 14.7. The van der Waals surface area contributed by atoms with Gasteiger partial charge in [0.2, 0.25) is 12.3 Å². The molecular formula is C26H30FN5O4. The van der Waals surface area contributed by atoms with Crippen molar-refractivity contribution in [1.29, 1.82) is 0 Å². The highest BCUT2D eigenvalue weighted by Gasteiger charge is 2.32. The zero-order chi connectivity index (χ0) is 25.9. The summed E-state index contributed by atoms with van der Waals surface area (Å²) in [7, 11) is 0. The van der Waals surface area contributed by atoms with Gasteiger partial charge in [0.15, 0.2) is 0 Å². The molecule has 1 atom stereocenters. The van der Waals surface area contributed by atoms with Crippen LogP contribution in [0.2, 0.25) is 0 Å². The molecular weight excluding hydrogens is 465 g/mol. The van der Waals surface area contributed by atoms with E-state index in [0.717, 1.165) is 12.0 Å². The predicted molar refractivity (Wildman–Crippen MR) is 134 cm³/mol. The SMILES string of the molecule is CC(=O)NCC1CN(c2ccc(-c3ccc(CNC=O)cc3)c(F)c2)C(=O)O1.CCCc1cnc[nH]1. The second-order valence-corrected chi connectivity index (χ2v) is 8.24. The average Bonchev–Trinajstić information content (AvgIpc) is 3.52. The number of H-pyrrole nitrogens is 1. The van der Waals surface area contributed by atoms with Crippen molar-refractivity contribution >= 4 is 24.1 Å². The van der Waals surface area contributed by atoms with Crippen LogP contribution in [0.3, 0.4) is 0 Å². The van der Waals surface area contributed by atoms with Crippen LogP contribution in [-0.4, -0.2) is 47.6 Å². The van der Waals surface area contributed by atoms with Crippen molar-refractivity contribution in [3.05, 3.63) is 72.1 Å². The van der Waals surface area contributed by atoms with E-state index in [9.17, 15) is 18.8 Å². The van der Waals surface area contributed by atoms with Crippen LogP contribution in [0.1, 0.15) is 31.5 Å². The van der Waals surface area contributed by atoms with Crippen LogP contribution in [0.5, 0.6) is 0 Å². The molecule has 1 aliphatic heterocycles. The van der Waals surface area contributed by atoms with Gasteiger partial charge in [0, 0.05) is 30.9 Å². The fourth-order valence-corrected chi connectivity index (χ4v) is 3.65. The minimum atomic E-state index is -0.575. The van der Waals surface area contributed by atoms with Crippen molar-refractivity contribution in [3.63, 3.8) is 0 Å². The molecule has 1 unspecified atom stereocenters. The van der Waals surface area contributed by atoms with E-state index in [-0.39, 0.29) is 19.0 Å². The van der Waals surface area contributed by atoms with Crippen LogP contribution in [0.25, 0.3) is 11.1 Å². The Hall–Kier alpha value is -4.21. The lowest BCUT2D eigenvalue weighted by Gasteiger charge is -2.14. The molecule has 3 amide bonds. The molecule has 1 aromatic heterocycles. The van der Waals surface area contributed by atoms with Crippen LogP contribution in [0, 0.1) is 5.82 Å². The third-order valence-electron chi connectivity index (χ3n) is 5.45. The number of hydrogen-bond acceptors (Lipinski definition) is 5. The van der Waals surface area contributed by atoms with Gasteiger partial charge in [-0.25, -0.2) is 14.2 Å². The van der Waals surface area contributed by atoms with Crippen LogP contribution in [-0.2, 0) is 27.3 Å². The largest absolute Gasteiger partial charge is 0.442 e. The molecule has 4 rings (SSSR count). The molecule has 0 saturated carbocycles. The van der Waals surface area contributed by atoms with Gasteiger partial charge >= 0.3 is 6.09 Å². The topological polar surface area (TPSA) is 116 Å². The number of amides is 3. The molecule has 1 aliphatic rings. The molecule has 190 valence electrons. The molecule has 3 aromatic rings. The third-order valence-corrected chi connectivity index (χ3v) is 5.45. The van der Waals surface area contributed by atoms with Gasteiger partial charge in [-0.05, 0) is 35.7 Å². The van der Waals surface area contributed by atoms with Crippen LogP contribution in [0.15, 0.2) is 55.0 Å². The highest BCUT2D eigenvalue weighted by atomic mass is 19.1. The molecule has 0 bridgehead atoms. The number of carbonyl (C=O) groups excluding carboxylic acids is 3. The highest BCUT2D eigenvalue weighted by molar-refractivity contribution is 5.90. The summed E-state index contributed by atoms with van der Waals surface area (Å²) in [6.45, 7) is 4.39. The van der Waals surface area contributed by atoms with E-state index >= 15 is 0 Å². The number of halogens is 1. The Labute approximate surface area is 209 Å². The van der Waals surface area contributed by atoms with Crippen molar-refractivity contribution in [1.82, 2.24) is 20.6 Å². The third kappa shape index (κ3) is 7.39. The Morgan fingerprint density at radius 1 is 1.28 bits per heavy atom. The number of carbonyl (C=O) groups is 3. The summed E-state index contributed by atoms with van der Waals surface area (Å²) in [6, 6.07) is 11.7. The van der Waals surface area contributed by atoms with Gasteiger partial charge in [-0.1, -0.05) is 37.6 Å². The molecule has 1 saturated heterocycles. The molecule has 36 heavy (non-hydrogen) atoms. The number of cyclic esters (lactones) is 1. The molecule has 1 fully saturated rings. The first kappa shape index (κ1) is 26.4. The standard InChI is InChI=1S/C20H20FN3O4.C6H10N2/c1-13(26)23-10-17-11-24(20(27)28-17)16-6-7-18(19(21)8-16)15-4-2-14(3-5-15)9-22-12-25;1-2-3-6-4-7-5-8-6/h2-8,12,17H,9-11H2,1H3,(H,22,25)(H,23,26);4-5H,2-3H2,1H3,(H,7,8). The number of nitrogens with zero attached hydrogens (tertiary/aromatic N) is 2. The van der Waals surface area contributed by atoms with Gasteiger partial charge in [-0.2, -0.15) is 0 Å². The first-order valence-corrected chi connectivity index (χ1v) is 11.7. The second-order valence-electron chi connectivity index (χ2n) is 8.24. The molecule has 0 spiro atoms. The maximum Gasteiger partial charge on any atom is 0.414 e. The number of hydrogen-bond donors (Lipinski definition) is 3. The Kier molecular flexibility index (Phi) is 9.56. The summed E-state index contributed by atoms with van der Waals surface area (Å²) >= 11 is 0. The molecule has 0 radical (unpaired) electrons. The predicted octanol–water partition coefficient (Wildman–Crippen LogP) is 3.56. The Balaban J connectivity index is 0.000000383. The summed E-state index contributed by atoms with van der Waals surface area (Å²) in [6.07, 6.45) is 5.44. The molecule has 0 aliphatic carbocycles. The van der Waals surface area contributed by atoms with Gasteiger partial charge in [-0.3, -0.25) is 14.5 Å². The number of rotatable bonds is 9. The van der Waals surface area contributed by atoms with Gasteiger partial charge in [0.1, 0.15) is 11.9 Å². The zero-order valence-electron chi connectivity index (χ0n) is 20.3. The minimum absolute atomic E-state index is 0.210. The molecule has 9 nitrogen and oxygen atoms in total. The Morgan fingerprint density at radius 3 is 2.67 bits per heavy atom. The lowest BCUT2D eigenvalue weighted by molar-refractivity contribution is -0.119. The summed E-state index contributed by atoms with van der Waals surface area (Å²) in [5.74, 6) is -0.674.